The Morgan fingerprint density at radius 3 is 2.75 bits per heavy atom. The molecule has 0 fully saturated rings. The highest BCUT2D eigenvalue weighted by atomic mass is 32.1. The first-order chi connectivity index (χ1) is 9.72. The third-order valence-electron chi connectivity index (χ3n) is 3.34. The molecule has 0 amide bonds. The van der Waals surface area contributed by atoms with Crippen molar-refractivity contribution in [3.63, 3.8) is 0 Å². The van der Waals surface area contributed by atoms with Crippen molar-refractivity contribution >= 4 is 17.2 Å². The zero-order valence-electron chi connectivity index (χ0n) is 12.3. The van der Waals surface area contributed by atoms with Gasteiger partial charge in [0, 0.05) is 18.5 Å². The molecule has 20 heavy (non-hydrogen) atoms. The molecule has 2 heterocycles. The Hall–Kier alpha value is -1.46. The molecule has 0 aromatic carbocycles. The van der Waals surface area contributed by atoms with E-state index in [1.807, 2.05) is 12.1 Å². The van der Waals surface area contributed by atoms with Crippen LogP contribution in [0, 0.1) is 0 Å². The van der Waals surface area contributed by atoms with Gasteiger partial charge in [0.2, 0.25) is 0 Å². The summed E-state index contributed by atoms with van der Waals surface area (Å²) in [5.41, 5.74) is 0.986. The van der Waals surface area contributed by atoms with Crippen molar-refractivity contribution in [2.75, 3.05) is 18.5 Å². The summed E-state index contributed by atoms with van der Waals surface area (Å²) in [6, 6.07) is 8.64. The molecule has 0 spiro atoms. The van der Waals surface area contributed by atoms with Crippen LogP contribution < -0.4 is 10.2 Å². The number of nitrogens with one attached hydrogen (secondary N) is 1. The Labute approximate surface area is 124 Å². The Kier molecular flexibility index (Phi) is 5.49. The van der Waals surface area contributed by atoms with Gasteiger partial charge >= 0.3 is 0 Å². The van der Waals surface area contributed by atoms with Crippen molar-refractivity contribution < 1.29 is 0 Å². The molecule has 0 aliphatic carbocycles. The van der Waals surface area contributed by atoms with Crippen molar-refractivity contribution in [3.8, 4) is 0 Å². The van der Waals surface area contributed by atoms with Crippen LogP contribution in [0.15, 0.2) is 29.6 Å². The maximum atomic E-state index is 4.33. The largest absolute Gasteiger partial charge is 0.351 e. The van der Waals surface area contributed by atoms with Gasteiger partial charge in [-0.1, -0.05) is 13.0 Å². The maximum absolute atomic E-state index is 4.33. The van der Waals surface area contributed by atoms with E-state index in [1.165, 1.54) is 4.88 Å². The topological polar surface area (TPSA) is 41.0 Å². The van der Waals surface area contributed by atoms with Crippen LogP contribution in [0.5, 0.6) is 0 Å². The van der Waals surface area contributed by atoms with E-state index in [0.29, 0.717) is 6.04 Å². The number of rotatable bonds is 7. The van der Waals surface area contributed by atoms with Gasteiger partial charge in [0.15, 0.2) is 5.82 Å². The first-order valence-corrected chi connectivity index (χ1v) is 7.90. The van der Waals surface area contributed by atoms with E-state index >= 15 is 0 Å². The summed E-state index contributed by atoms with van der Waals surface area (Å²) in [5.74, 6) is 0.908. The van der Waals surface area contributed by atoms with Gasteiger partial charge in [0.1, 0.15) is 0 Å². The lowest BCUT2D eigenvalue weighted by atomic mass is 10.2. The number of thiophene rings is 1. The lowest BCUT2D eigenvalue weighted by molar-refractivity contribution is 0.653. The van der Waals surface area contributed by atoms with Crippen LogP contribution in [0.25, 0.3) is 0 Å². The number of hydrogen-bond acceptors (Lipinski definition) is 5. The van der Waals surface area contributed by atoms with E-state index in [9.17, 15) is 0 Å². The van der Waals surface area contributed by atoms with E-state index in [4.69, 9.17) is 0 Å². The fourth-order valence-electron chi connectivity index (χ4n) is 1.95. The highest BCUT2D eigenvalue weighted by Gasteiger charge is 2.14. The molecule has 2 rings (SSSR count). The van der Waals surface area contributed by atoms with Crippen LogP contribution in [-0.2, 0) is 6.54 Å². The average Bonchev–Trinajstić information content (AvgIpc) is 3.01. The minimum atomic E-state index is 0.313. The second-order valence-corrected chi connectivity index (χ2v) is 5.84. The minimum Gasteiger partial charge on any atom is -0.351 e. The first-order valence-electron chi connectivity index (χ1n) is 7.02. The molecular formula is C15H22N4S. The zero-order chi connectivity index (χ0) is 14.4. The van der Waals surface area contributed by atoms with Crippen LogP contribution in [-0.4, -0.2) is 23.8 Å². The number of aromatic nitrogens is 2. The second-order valence-electron chi connectivity index (χ2n) is 4.86. The summed E-state index contributed by atoms with van der Waals surface area (Å²) in [5, 5.41) is 14.0. The molecule has 0 saturated heterocycles. The lowest BCUT2D eigenvalue weighted by Crippen LogP contribution is -2.22. The van der Waals surface area contributed by atoms with Gasteiger partial charge in [-0.25, -0.2) is 0 Å². The summed E-state index contributed by atoms with van der Waals surface area (Å²) < 4.78 is 0. The fourth-order valence-corrected chi connectivity index (χ4v) is 2.77. The predicted molar refractivity (Wildman–Crippen MR) is 85.2 cm³/mol. The monoisotopic (exact) mass is 290 g/mol. The Morgan fingerprint density at radius 2 is 2.15 bits per heavy atom. The van der Waals surface area contributed by atoms with Crippen LogP contribution in [0.4, 0.5) is 5.82 Å². The first kappa shape index (κ1) is 14.9. The minimum absolute atomic E-state index is 0.313. The van der Waals surface area contributed by atoms with Gasteiger partial charge in [-0.2, -0.15) is 5.10 Å². The van der Waals surface area contributed by atoms with Crippen LogP contribution in [0.3, 0.4) is 0 Å². The Balaban J connectivity index is 1.98. The second kappa shape index (κ2) is 7.36. The zero-order valence-corrected chi connectivity index (χ0v) is 13.2. The maximum Gasteiger partial charge on any atom is 0.151 e. The molecule has 0 saturated carbocycles. The van der Waals surface area contributed by atoms with Gasteiger partial charge in [0.05, 0.1) is 11.7 Å². The van der Waals surface area contributed by atoms with Crippen molar-refractivity contribution in [1.82, 2.24) is 15.5 Å². The normalized spacial score (nSPS) is 12.3. The van der Waals surface area contributed by atoms with Crippen molar-refractivity contribution in [1.29, 1.82) is 0 Å². The quantitative estimate of drug-likeness (QED) is 0.795. The molecule has 1 unspecified atom stereocenters. The third kappa shape index (κ3) is 3.77. The molecule has 0 radical (unpaired) electrons. The van der Waals surface area contributed by atoms with Crippen molar-refractivity contribution in [2.24, 2.45) is 0 Å². The van der Waals surface area contributed by atoms with Crippen LogP contribution in [0.2, 0.25) is 0 Å². The fraction of sp³-hybridized carbons (Fsp3) is 0.467. The number of hydrogen-bond donors (Lipinski definition) is 1. The molecule has 1 atom stereocenters. The van der Waals surface area contributed by atoms with E-state index in [2.05, 4.69) is 58.8 Å². The SMILES string of the molecule is CCCNCc1ccc(N(C)C(C)c2cccs2)nn1. The predicted octanol–water partition coefficient (Wildman–Crippen LogP) is 3.24. The Morgan fingerprint density at radius 1 is 1.30 bits per heavy atom. The van der Waals surface area contributed by atoms with Gasteiger partial charge in [0.25, 0.3) is 0 Å². The highest BCUT2D eigenvalue weighted by molar-refractivity contribution is 7.10. The van der Waals surface area contributed by atoms with E-state index < -0.39 is 0 Å². The van der Waals surface area contributed by atoms with Gasteiger partial charge in [-0.15, -0.1) is 16.4 Å². The highest BCUT2D eigenvalue weighted by Crippen LogP contribution is 2.26. The lowest BCUT2D eigenvalue weighted by Gasteiger charge is -2.24. The molecule has 2 aromatic rings. The summed E-state index contributed by atoms with van der Waals surface area (Å²) in [7, 11) is 2.06. The van der Waals surface area contributed by atoms with E-state index in [0.717, 1.165) is 31.0 Å². The third-order valence-corrected chi connectivity index (χ3v) is 4.38. The summed E-state index contributed by atoms with van der Waals surface area (Å²) in [4.78, 5) is 3.49. The average molecular weight is 290 g/mol. The molecule has 4 nitrogen and oxygen atoms in total. The molecule has 0 bridgehead atoms. The van der Waals surface area contributed by atoms with E-state index in [1.54, 1.807) is 11.3 Å². The molecule has 1 N–H and O–H groups in total. The Bertz CT molecular complexity index is 495. The molecule has 0 aliphatic rings. The van der Waals surface area contributed by atoms with Crippen LogP contribution >= 0.6 is 11.3 Å². The van der Waals surface area contributed by atoms with Crippen molar-refractivity contribution in [3.05, 3.63) is 40.2 Å². The molecule has 108 valence electrons. The number of anilines is 1. The summed E-state index contributed by atoms with van der Waals surface area (Å²) >= 11 is 1.77. The standard InChI is InChI=1S/C15H22N4S/c1-4-9-16-11-13-7-8-15(18-17-13)19(3)12(2)14-6-5-10-20-14/h5-8,10,12,16H,4,9,11H2,1-3H3. The molecular weight excluding hydrogens is 268 g/mol. The van der Waals surface area contributed by atoms with E-state index in [-0.39, 0.29) is 0 Å². The summed E-state index contributed by atoms with van der Waals surface area (Å²) in [6.07, 6.45) is 1.13. The van der Waals surface area contributed by atoms with Crippen LogP contribution in [0.1, 0.15) is 36.9 Å². The van der Waals surface area contributed by atoms with Gasteiger partial charge in [-0.3, -0.25) is 0 Å². The smallest absolute Gasteiger partial charge is 0.151 e. The van der Waals surface area contributed by atoms with Gasteiger partial charge in [-0.05, 0) is 43.5 Å². The van der Waals surface area contributed by atoms with Crippen molar-refractivity contribution in [2.45, 2.75) is 32.9 Å². The molecule has 0 aliphatic heterocycles. The molecule has 2 aromatic heterocycles. The summed E-state index contributed by atoms with van der Waals surface area (Å²) in [6.45, 7) is 6.14. The molecule has 5 heteroatoms. The number of nitrogens with zero attached hydrogens (tertiary/aromatic N) is 3. The van der Waals surface area contributed by atoms with Gasteiger partial charge < -0.3 is 10.2 Å².